The summed E-state index contributed by atoms with van der Waals surface area (Å²) >= 11 is 0. The molecule has 4 aromatic rings. The third kappa shape index (κ3) is 4.45. The molecule has 1 aliphatic carbocycles. The molecule has 0 spiro atoms. The Hall–Kier alpha value is -3.19. The van der Waals surface area contributed by atoms with E-state index in [1.807, 2.05) is 12.3 Å². The van der Waals surface area contributed by atoms with Gasteiger partial charge in [0, 0.05) is 25.3 Å². The van der Waals surface area contributed by atoms with Crippen LogP contribution in [-0.2, 0) is 4.79 Å². The highest BCUT2D eigenvalue weighted by atomic mass is 28.3. The number of nitrogens with one attached hydrogen (secondary N) is 3. The Kier molecular flexibility index (Phi) is 5.59. The van der Waals surface area contributed by atoms with E-state index >= 15 is 0 Å². The topological polar surface area (TPSA) is 86.5 Å². The molecule has 180 valence electrons. The van der Waals surface area contributed by atoms with Gasteiger partial charge in [-0.15, -0.1) is 0 Å². The van der Waals surface area contributed by atoms with E-state index < -0.39 is 8.07 Å². The zero-order chi connectivity index (χ0) is 24.0. The lowest BCUT2D eigenvalue weighted by Crippen LogP contribution is -2.20. The average Bonchev–Trinajstić information content (AvgIpc) is 3.66. The Labute approximate surface area is 207 Å². The molecule has 0 bridgehead atoms. The Bertz CT molecular complexity index is 1360. The normalized spacial score (nSPS) is 20.0. The number of carbonyl (C=O) groups is 1. The van der Waals surface area contributed by atoms with Crippen molar-refractivity contribution < 1.29 is 4.79 Å². The minimum absolute atomic E-state index is 0.0908. The van der Waals surface area contributed by atoms with Gasteiger partial charge in [0.05, 0.1) is 17.4 Å². The Balaban J connectivity index is 1.21. The monoisotopic (exact) mass is 483 g/mol. The first-order chi connectivity index (χ1) is 16.9. The number of aromatic nitrogens is 4. The lowest BCUT2D eigenvalue weighted by molar-refractivity contribution is -0.119. The number of hydrogen-bond acceptors (Lipinski definition) is 3. The van der Waals surface area contributed by atoms with Gasteiger partial charge < -0.3 is 10.3 Å². The molecule has 35 heavy (non-hydrogen) atoms. The van der Waals surface area contributed by atoms with Crippen molar-refractivity contribution in [3.63, 3.8) is 0 Å². The number of carbonyl (C=O) groups excluding carboxylic acids is 1. The number of H-pyrrole nitrogens is 2. The number of nitrogens with zero attached hydrogens (tertiary/aromatic N) is 2. The molecule has 1 aliphatic heterocycles. The fraction of sp³-hybridized carbons (Fsp3) is 0.393. The molecule has 1 saturated heterocycles. The fourth-order valence-corrected chi connectivity index (χ4v) is 8.96. The molecule has 6 rings (SSSR count). The molecular formula is C28H33N5OSi. The van der Waals surface area contributed by atoms with Crippen molar-refractivity contribution in [2.75, 3.05) is 5.32 Å². The second kappa shape index (κ2) is 8.79. The summed E-state index contributed by atoms with van der Waals surface area (Å²) in [5.41, 5.74) is 5.39. The van der Waals surface area contributed by atoms with Gasteiger partial charge in [0.15, 0.2) is 5.82 Å². The van der Waals surface area contributed by atoms with Crippen LogP contribution in [0.2, 0.25) is 25.2 Å². The molecule has 3 heterocycles. The van der Waals surface area contributed by atoms with E-state index in [-0.39, 0.29) is 11.8 Å². The van der Waals surface area contributed by atoms with Crippen molar-refractivity contribution in [1.29, 1.82) is 0 Å². The minimum Gasteiger partial charge on any atom is -0.342 e. The van der Waals surface area contributed by atoms with Gasteiger partial charge in [-0.3, -0.25) is 9.89 Å². The van der Waals surface area contributed by atoms with Crippen LogP contribution in [0.5, 0.6) is 0 Å². The standard InChI is InChI=1S/C28H33N5OSi/c1-35(2)14-13-22(17-35)26-29-16-25(30-26)19-9-7-18(8-10-19)21-11-12-24-23(15-21)27(33-32-24)31-28(34)20-5-3-4-6-20/h7-12,15-16,20,22H,3-6,13-14,17H2,1-2H3,(H,29,30)(H2,31,32,33,34)/t22-/m0/s1. The Morgan fingerprint density at radius 3 is 2.49 bits per heavy atom. The second-order valence-electron chi connectivity index (χ2n) is 11.2. The van der Waals surface area contributed by atoms with E-state index in [0.29, 0.717) is 11.7 Å². The molecule has 1 amide bonds. The summed E-state index contributed by atoms with van der Waals surface area (Å²) < 4.78 is 0. The summed E-state index contributed by atoms with van der Waals surface area (Å²) in [4.78, 5) is 21.0. The van der Waals surface area contributed by atoms with Crippen LogP contribution in [0.4, 0.5) is 5.82 Å². The number of rotatable bonds is 5. The van der Waals surface area contributed by atoms with Gasteiger partial charge in [0.1, 0.15) is 5.82 Å². The number of fused-ring (bicyclic) bond motifs is 1. The first kappa shape index (κ1) is 22.3. The minimum atomic E-state index is -1.03. The summed E-state index contributed by atoms with van der Waals surface area (Å²) in [6, 6.07) is 17.6. The summed E-state index contributed by atoms with van der Waals surface area (Å²) in [7, 11) is -1.03. The number of benzene rings is 2. The molecular weight excluding hydrogens is 450 g/mol. The van der Waals surface area contributed by atoms with Gasteiger partial charge in [-0.2, -0.15) is 5.10 Å². The molecule has 0 radical (unpaired) electrons. The number of anilines is 1. The average molecular weight is 484 g/mol. The molecule has 3 N–H and O–H groups in total. The van der Waals surface area contributed by atoms with Crippen molar-refractivity contribution >= 4 is 30.7 Å². The van der Waals surface area contributed by atoms with E-state index in [4.69, 9.17) is 4.98 Å². The first-order valence-electron chi connectivity index (χ1n) is 12.9. The summed E-state index contributed by atoms with van der Waals surface area (Å²) in [6.07, 6.45) is 7.48. The molecule has 2 fully saturated rings. The van der Waals surface area contributed by atoms with Crippen LogP contribution >= 0.6 is 0 Å². The van der Waals surface area contributed by atoms with E-state index in [1.54, 1.807) is 0 Å². The summed E-state index contributed by atoms with van der Waals surface area (Å²) in [5.74, 6) is 2.57. The van der Waals surface area contributed by atoms with Crippen LogP contribution in [0.25, 0.3) is 33.3 Å². The third-order valence-corrected chi connectivity index (χ3v) is 11.3. The number of imidazole rings is 1. The maximum absolute atomic E-state index is 12.6. The van der Waals surface area contributed by atoms with Crippen LogP contribution in [0, 0.1) is 5.92 Å². The summed E-state index contributed by atoms with van der Waals surface area (Å²) in [5, 5.41) is 11.4. The largest absolute Gasteiger partial charge is 0.342 e. The van der Waals surface area contributed by atoms with Gasteiger partial charge in [0.2, 0.25) is 5.91 Å². The Morgan fingerprint density at radius 2 is 1.74 bits per heavy atom. The van der Waals surface area contributed by atoms with Crippen LogP contribution in [0.3, 0.4) is 0 Å². The van der Waals surface area contributed by atoms with Gasteiger partial charge >= 0.3 is 0 Å². The first-order valence-corrected chi connectivity index (χ1v) is 16.3. The predicted molar refractivity (Wildman–Crippen MR) is 144 cm³/mol. The van der Waals surface area contributed by atoms with Crippen molar-refractivity contribution in [2.24, 2.45) is 5.92 Å². The third-order valence-electron chi connectivity index (χ3n) is 8.01. The predicted octanol–water partition coefficient (Wildman–Crippen LogP) is 6.94. The van der Waals surface area contributed by atoms with E-state index in [0.717, 1.165) is 64.8 Å². The zero-order valence-corrected chi connectivity index (χ0v) is 21.5. The molecule has 7 heteroatoms. The van der Waals surface area contributed by atoms with Crippen molar-refractivity contribution in [3.05, 3.63) is 54.5 Å². The zero-order valence-electron chi connectivity index (χ0n) is 20.5. The molecule has 0 unspecified atom stereocenters. The maximum atomic E-state index is 12.6. The fourth-order valence-electron chi connectivity index (χ4n) is 5.90. The lowest BCUT2D eigenvalue weighted by Gasteiger charge is -2.13. The maximum Gasteiger partial charge on any atom is 0.228 e. The van der Waals surface area contributed by atoms with E-state index in [1.165, 1.54) is 18.5 Å². The summed E-state index contributed by atoms with van der Waals surface area (Å²) in [6.45, 7) is 4.98. The van der Waals surface area contributed by atoms with Gasteiger partial charge in [-0.25, -0.2) is 4.98 Å². The van der Waals surface area contributed by atoms with Crippen molar-refractivity contribution in [3.8, 4) is 22.4 Å². The highest BCUT2D eigenvalue weighted by molar-refractivity contribution is 6.78. The van der Waals surface area contributed by atoms with Crippen molar-refractivity contribution in [2.45, 2.75) is 63.2 Å². The molecule has 6 nitrogen and oxygen atoms in total. The van der Waals surface area contributed by atoms with Crippen LogP contribution in [0.15, 0.2) is 48.7 Å². The SMILES string of the molecule is C[Si]1(C)CC[C@H](c2ncc(-c3ccc(-c4ccc5[nH]nc(NC(=O)C6CCCC6)c5c4)cc3)[nH]2)C1. The van der Waals surface area contributed by atoms with Gasteiger partial charge in [-0.1, -0.05) is 62.3 Å². The smallest absolute Gasteiger partial charge is 0.228 e. The van der Waals surface area contributed by atoms with Crippen LogP contribution in [-0.4, -0.2) is 34.1 Å². The van der Waals surface area contributed by atoms with Gasteiger partial charge in [0.25, 0.3) is 0 Å². The van der Waals surface area contributed by atoms with Gasteiger partial charge in [-0.05, 0) is 54.1 Å². The number of hydrogen-bond donors (Lipinski definition) is 3. The number of amides is 1. The quantitative estimate of drug-likeness (QED) is 0.269. The lowest BCUT2D eigenvalue weighted by atomic mass is 10.0. The van der Waals surface area contributed by atoms with Crippen LogP contribution in [0.1, 0.15) is 43.8 Å². The highest BCUT2D eigenvalue weighted by Crippen LogP contribution is 2.40. The molecule has 2 aliphatic rings. The molecule has 2 aromatic carbocycles. The molecule has 1 saturated carbocycles. The van der Waals surface area contributed by atoms with E-state index in [9.17, 15) is 4.79 Å². The van der Waals surface area contributed by atoms with Crippen LogP contribution < -0.4 is 5.32 Å². The number of aromatic amines is 2. The molecule has 1 atom stereocenters. The second-order valence-corrected chi connectivity index (χ2v) is 16.4. The van der Waals surface area contributed by atoms with Crippen molar-refractivity contribution in [1.82, 2.24) is 20.2 Å². The van der Waals surface area contributed by atoms with E-state index in [2.05, 4.69) is 70.0 Å². The highest BCUT2D eigenvalue weighted by Gasteiger charge is 2.34. The molecule has 2 aromatic heterocycles. The Morgan fingerprint density at radius 1 is 1.00 bits per heavy atom.